The van der Waals surface area contributed by atoms with Crippen LogP contribution in [-0.2, 0) is 11.3 Å². The molecule has 1 aliphatic rings. The quantitative estimate of drug-likeness (QED) is 0.438. The Labute approximate surface area is 210 Å². The molecule has 3 aromatic rings. The Morgan fingerprint density at radius 3 is 2.39 bits per heavy atom. The van der Waals surface area contributed by atoms with Crippen molar-refractivity contribution < 1.29 is 28.5 Å². The molecule has 4 rings (SSSR count). The van der Waals surface area contributed by atoms with Crippen molar-refractivity contribution in [3.63, 3.8) is 0 Å². The van der Waals surface area contributed by atoms with Gasteiger partial charge >= 0.3 is 0 Å². The first-order valence-electron chi connectivity index (χ1n) is 11.7. The molecule has 1 heterocycles. The van der Waals surface area contributed by atoms with Gasteiger partial charge in [0.2, 0.25) is 5.91 Å². The lowest BCUT2D eigenvalue weighted by molar-refractivity contribution is -0.117. The van der Waals surface area contributed by atoms with Gasteiger partial charge in [0, 0.05) is 18.2 Å². The lowest BCUT2D eigenvalue weighted by Crippen LogP contribution is -2.32. The van der Waals surface area contributed by atoms with E-state index in [2.05, 4.69) is 5.32 Å². The van der Waals surface area contributed by atoms with E-state index in [1.165, 1.54) is 7.11 Å². The Morgan fingerprint density at radius 2 is 1.69 bits per heavy atom. The second kappa shape index (κ2) is 11.0. The van der Waals surface area contributed by atoms with E-state index in [4.69, 9.17) is 18.9 Å². The number of hydrogen-bond acceptors (Lipinski definition) is 6. The smallest absolute Gasteiger partial charge is 0.255 e. The van der Waals surface area contributed by atoms with Gasteiger partial charge in [-0.25, -0.2) is 0 Å². The molecule has 0 saturated heterocycles. The third-order valence-corrected chi connectivity index (χ3v) is 6.16. The molecule has 3 aromatic carbocycles. The highest BCUT2D eigenvalue weighted by molar-refractivity contribution is 5.99. The molecule has 0 bridgehead atoms. The fourth-order valence-electron chi connectivity index (χ4n) is 4.39. The molecule has 1 atom stereocenters. The molecule has 8 nitrogen and oxygen atoms in total. The fraction of sp³-hybridized carbons (Fsp3) is 0.286. The first-order chi connectivity index (χ1) is 17.5. The Bertz CT molecular complexity index is 1260. The normalized spacial score (nSPS) is 13.1. The van der Waals surface area contributed by atoms with E-state index in [1.54, 1.807) is 43.4 Å². The molecular weight excluding hydrogens is 460 g/mol. The molecule has 0 radical (unpaired) electrons. The van der Waals surface area contributed by atoms with Crippen LogP contribution in [0, 0.1) is 0 Å². The standard InChI is InChI=1S/C28H30N2O6/c1-5-36-25-12-10-18(14-26(25)35-4)23(30-17-19-8-6-7-9-21(19)28(30)32)16-27(31)29-22-15-20(33-2)11-13-24(22)34-3/h6-15,23H,5,16-17H2,1-4H3,(H,29,31)/t23-/m0/s1. The number of anilines is 1. The van der Waals surface area contributed by atoms with Crippen LogP contribution in [0.25, 0.3) is 0 Å². The van der Waals surface area contributed by atoms with E-state index in [-0.39, 0.29) is 18.2 Å². The van der Waals surface area contributed by atoms with Gasteiger partial charge in [0.15, 0.2) is 11.5 Å². The number of benzene rings is 3. The van der Waals surface area contributed by atoms with Crippen LogP contribution >= 0.6 is 0 Å². The number of rotatable bonds is 10. The van der Waals surface area contributed by atoms with Crippen LogP contribution in [0.3, 0.4) is 0 Å². The molecule has 0 saturated carbocycles. The maximum atomic E-state index is 13.4. The zero-order valence-corrected chi connectivity index (χ0v) is 20.9. The van der Waals surface area contributed by atoms with Gasteiger partial charge in [-0.15, -0.1) is 0 Å². The Hall–Kier alpha value is -4.20. The molecule has 8 heteroatoms. The molecule has 2 amide bonds. The summed E-state index contributed by atoms with van der Waals surface area (Å²) in [6, 6.07) is 17.6. The van der Waals surface area contributed by atoms with Crippen LogP contribution in [-0.4, -0.2) is 44.7 Å². The lowest BCUT2D eigenvalue weighted by Gasteiger charge is -2.28. The van der Waals surface area contributed by atoms with Crippen molar-refractivity contribution in [3.05, 3.63) is 77.4 Å². The van der Waals surface area contributed by atoms with Crippen LogP contribution in [0.5, 0.6) is 23.0 Å². The van der Waals surface area contributed by atoms with Crippen LogP contribution < -0.4 is 24.3 Å². The lowest BCUT2D eigenvalue weighted by atomic mass is 10.0. The Kier molecular flexibility index (Phi) is 7.63. The van der Waals surface area contributed by atoms with E-state index in [1.807, 2.05) is 43.3 Å². The zero-order chi connectivity index (χ0) is 25.7. The molecule has 1 N–H and O–H groups in total. The summed E-state index contributed by atoms with van der Waals surface area (Å²) in [6.45, 7) is 2.79. The van der Waals surface area contributed by atoms with Gasteiger partial charge in [0.1, 0.15) is 11.5 Å². The number of ether oxygens (including phenoxy) is 4. The van der Waals surface area contributed by atoms with E-state index in [9.17, 15) is 9.59 Å². The fourth-order valence-corrected chi connectivity index (χ4v) is 4.39. The molecular formula is C28H30N2O6. The van der Waals surface area contributed by atoms with Gasteiger partial charge in [-0.1, -0.05) is 24.3 Å². The Morgan fingerprint density at radius 1 is 0.944 bits per heavy atom. The minimum absolute atomic E-state index is 0.0250. The Balaban J connectivity index is 1.67. The summed E-state index contributed by atoms with van der Waals surface area (Å²) in [5.41, 5.74) is 2.83. The number of amides is 2. The SMILES string of the molecule is CCOc1ccc([C@H](CC(=O)Nc2cc(OC)ccc2OC)N2Cc3ccccc3C2=O)cc1OC. The summed E-state index contributed by atoms with van der Waals surface area (Å²) in [6.07, 6.45) is 0.0250. The minimum atomic E-state index is -0.536. The number of methoxy groups -OCH3 is 3. The van der Waals surface area contributed by atoms with Crippen LogP contribution in [0.2, 0.25) is 0 Å². The van der Waals surface area contributed by atoms with Gasteiger partial charge < -0.3 is 29.2 Å². The van der Waals surface area contributed by atoms with Crippen LogP contribution in [0.1, 0.15) is 40.9 Å². The van der Waals surface area contributed by atoms with Crippen molar-refractivity contribution in [3.8, 4) is 23.0 Å². The first kappa shape index (κ1) is 24.9. The van der Waals surface area contributed by atoms with E-state index in [0.717, 1.165) is 11.1 Å². The van der Waals surface area contributed by atoms with Gasteiger partial charge in [0.05, 0.1) is 46.1 Å². The summed E-state index contributed by atoms with van der Waals surface area (Å²) in [7, 11) is 4.65. The van der Waals surface area contributed by atoms with Gasteiger partial charge in [-0.2, -0.15) is 0 Å². The van der Waals surface area contributed by atoms with Crippen molar-refractivity contribution in [1.29, 1.82) is 0 Å². The molecule has 188 valence electrons. The van der Waals surface area contributed by atoms with Gasteiger partial charge in [-0.05, 0) is 48.4 Å². The van der Waals surface area contributed by atoms with Gasteiger partial charge in [0.25, 0.3) is 5.91 Å². The number of hydrogen-bond donors (Lipinski definition) is 1. The topological polar surface area (TPSA) is 86.3 Å². The summed E-state index contributed by atoms with van der Waals surface area (Å²) in [5.74, 6) is 1.85. The van der Waals surface area contributed by atoms with Gasteiger partial charge in [-0.3, -0.25) is 9.59 Å². The van der Waals surface area contributed by atoms with E-state index < -0.39 is 6.04 Å². The largest absolute Gasteiger partial charge is 0.497 e. The van der Waals surface area contributed by atoms with Crippen LogP contribution in [0.4, 0.5) is 5.69 Å². The third-order valence-electron chi connectivity index (χ3n) is 6.16. The minimum Gasteiger partial charge on any atom is -0.497 e. The highest BCUT2D eigenvalue weighted by atomic mass is 16.5. The van der Waals surface area contributed by atoms with Crippen molar-refractivity contribution in [1.82, 2.24) is 4.90 Å². The average molecular weight is 491 g/mol. The number of nitrogens with zero attached hydrogens (tertiary/aromatic N) is 1. The molecule has 0 aliphatic carbocycles. The molecule has 36 heavy (non-hydrogen) atoms. The second-order valence-corrected chi connectivity index (χ2v) is 8.27. The monoisotopic (exact) mass is 490 g/mol. The van der Waals surface area contributed by atoms with E-state index >= 15 is 0 Å². The zero-order valence-electron chi connectivity index (χ0n) is 20.9. The number of nitrogens with one attached hydrogen (secondary N) is 1. The summed E-state index contributed by atoms with van der Waals surface area (Å²) in [5, 5.41) is 2.92. The third kappa shape index (κ3) is 5.07. The number of carbonyl (C=O) groups excluding carboxylic acids is 2. The summed E-state index contributed by atoms with van der Waals surface area (Å²) in [4.78, 5) is 28.4. The molecule has 0 unspecified atom stereocenters. The van der Waals surface area contributed by atoms with Crippen molar-refractivity contribution in [2.24, 2.45) is 0 Å². The predicted molar refractivity (Wildman–Crippen MR) is 136 cm³/mol. The number of carbonyl (C=O) groups is 2. The van der Waals surface area contributed by atoms with Crippen molar-refractivity contribution in [2.75, 3.05) is 33.3 Å². The first-order valence-corrected chi connectivity index (χ1v) is 11.7. The maximum Gasteiger partial charge on any atom is 0.255 e. The molecule has 0 aromatic heterocycles. The van der Waals surface area contributed by atoms with Crippen LogP contribution in [0.15, 0.2) is 60.7 Å². The predicted octanol–water partition coefficient (Wildman–Crippen LogP) is 4.84. The van der Waals surface area contributed by atoms with Crippen molar-refractivity contribution in [2.45, 2.75) is 25.9 Å². The average Bonchev–Trinajstić information content (AvgIpc) is 3.23. The number of fused-ring (bicyclic) bond motifs is 1. The van der Waals surface area contributed by atoms with E-state index in [0.29, 0.717) is 47.4 Å². The second-order valence-electron chi connectivity index (χ2n) is 8.27. The highest BCUT2D eigenvalue weighted by Gasteiger charge is 2.35. The summed E-state index contributed by atoms with van der Waals surface area (Å²) >= 11 is 0. The molecule has 1 aliphatic heterocycles. The highest BCUT2D eigenvalue weighted by Crippen LogP contribution is 2.38. The maximum absolute atomic E-state index is 13.4. The summed E-state index contributed by atoms with van der Waals surface area (Å²) < 4.78 is 21.9. The van der Waals surface area contributed by atoms with Crippen molar-refractivity contribution >= 4 is 17.5 Å². The molecule has 0 spiro atoms. The molecule has 0 fully saturated rings.